The van der Waals surface area contributed by atoms with Crippen LogP contribution in [0.3, 0.4) is 0 Å². The van der Waals surface area contributed by atoms with Crippen molar-refractivity contribution in [3.8, 4) is 0 Å². The quantitative estimate of drug-likeness (QED) is 0.518. The van der Waals surface area contributed by atoms with Gasteiger partial charge in [0.05, 0.1) is 10.5 Å². The number of nitro benzene ring substituents is 1. The summed E-state index contributed by atoms with van der Waals surface area (Å²) in [5.41, 5.74) is -9.29. The van der Waals surface area contributed by atoms with E-state index in [1.807, 2.05) is 0 Å². The predicted octanol–water partition coefficient (Wildman–Crippen LogP) is 3.22. The van der Waals surface area contributed by atoms with E-state index in [4.69, 9.17) is 0 Å². The molecular weight excluding hydrogens is 296 g/mol. The van der Waals surface area contributed by atoms with Gasteiger partial charge in [-0.25, -0.2) is 0 Å². The third kappa shape index (κ3) is 2.30. The summed E-state index contributed by atoms with van der Waals surface area (Å²) in [6.07, 6.45) is -12.3. The van der Waals surface area contributed by atoms with Gasteiger partial charge in [-0.1, -0.05) is 12.1 Å². The van der Waals surface area contributed by atoms with Gasteiger partial charge in [-0.05, 0) is 12.5 Å². The Bertz CT molecular complexity index is 523. The number of hydrogen-bond acceptors (Lipinski definition) is 3. The molecule has 1 aromatic rings. The fourth-order valence-electron chi connectivity index (χ4n) is 1.72. The van der Waals surface area contributed by atoms with Crippen LogP contribution in [0.25, 0.3) is 0 Å². The van der Waals surface area contributed by atoms with Crippen LogP contribution >= 0.6 is 0 Å². The monoisotopic (exact) mass is 303 g/mol. The Hall–Kier alpha value is -1.84. The molecule has 0 saturated carbocycles. The highest BCUT2D eigenvalue weighted by Crippen LogP contribution is 2.53. The fourth-order valence-corrected chi connectivity index (χ4v) is 1.72. The number of aliphatic hydroxyl groups is 1. The molecule has 0 saturated heterocycles. The van der Waals surface area contributed by atoms with Crippen molar-refractivity contribution in [2.75, 3.05) is 0 Å². The third-order valence-corrected chi connectivity index (χ3v) is 2.63. The van der Waals surface area contributed by atoms with Gasteiger partial charge in [-0.3, -0.25) is 10.1 Å². The molecule has 10 heteroatoms. The van der Waals surface area contributed by atoms with Crippen LogP contribution in [0.15, 0.2) is 18.2 Å². The van der Waals surface area contributed by atoms with Gasteiger partial charge in [0.2, 0.25) is 0 Å². The average Bonchev–Trinajstić information content (AvgIpc) is 2.24. The first-order valence-corrected chi connectivity index (χ1v) is 4.94. The molecule has 1 rings (SSSR count). The molecule has 0 amide bonds. The van der Waals surface area contributed by atoms with Crippen molar-refractivity contribution >= 4 is 5.69 Å². The van der Waals surface area contributed by atoms with E-state index in [-0.39, 0.29) is 0 Å². The molecule has 0 aromatic heterocycles. The van der Waals surface area contributed by atoms with E-state index in [9.17, 15) is 41.6 Å². The van der Waals surface area contributed by atoms with Gasteiger partial charge in [0.1, 0.15) is 0 Å². The van der Waals surface area contributed by atoms with Crippen molar-refractivity contribution in [3.05, 3.63) is 39.4 Å². The SMILES string of the molecule is Cc1cccc([N+](=O)[O-])c1C(O)(C(F)(F)F)C(F)(F)F. The van der Waals surface area contributed by atoms with Gasteiger partial charge in [0, 0.05) is 6.07 Å². The summed E-state index contributed by atoms with van der Waals surface area (Å²) in [7, 11) is 0. The molecule has 0 fully saturated rings. The topological polar surface area (TPSA) is 63.4 Å². The maximum Gasteiger partial charge on any atom is 0.430 e. The zero-order chi connectivity index (χ0) is 15.9. The van der Waals surface area contributed by atoms with Gasteiger partial charge in [0.15, 0.2) is 0 Å². The highest BCUT2D eigenvalue weighted by Gasteiger charge is 2.73. The number of nitrogens with zero attached hydrogens (tertiary/aromatic N) is 1. The van der Waals surface area contributed by atoms with Crippen LogP contribution in [0.5, 0.6) is 0 Å². The second-order valence-corrected chi connectivity index (χ2v) is 3.93. The first kappa shape index (κ1) is 16.2. The van der Waals surface area contributed by atoms with Crippen molar-refractivity contribution in [2.24, 2.45) is 0 Å². The fraction of sp³-hybridized carbons (Fsp3) is 0.400. The second-order valence-electron chi connectivity index (χ2n) is 3.93. The molecule has 0 aliphatic heterocycles. The van der Waals surface area contributed by atoms with Crippen LogP contribution in [0.2, 0.25) is 0 Å². The van der Waals surface area contributed by atoms with E-state index < -0.39 is 39.7 Å². The van der Waals surface area contributed by atoms with E-state index in [0.717, 1.165) is 19.1 Å². The molecule has 112 valence electrons. The third-order valence-electron chi connectivity index (χ3n) is 2.63. The molecule has 0 spiro atoms. The lowest BCUT2D eigenvalue weighted by atomic mass is 9.87. The molecule has 4 nitrogen and oxygen atoms in total. The molecule has 0 heterocycles. The Morgan fingerprint density at radius 1 is 1.10 bits per heavy atom. The van der Waals surface area contributed by atoms with Gasteiger partial charge in [-0.15, -0.1) is 0 Å². The summed E-state index contributed by atoms with van der Waals surface area (Å²) in [5.74, 6) is 0. The summed E-state index contributed by atoms with van der Waals surface area (Å²) in [6, 6.07) is 2.19. The molecule has 0 aliphatic rings. The van der Waals surface area contributed by atoms with Gasteiger partial charge < -0.3 is 5.11 Å². The van der Waals surface area contributed by atoms with Gasteiger partial charge >= 0.3 is 12.4 Å². The summed E-state index contributed by atoms with van der Waals surface area (Å²) in [4.78, 5) is 9.22. The lowest BCUT2D eigenvalue weighted by Gasteiger charge is -2.33. The Kier molecular flexibility index (Phi) is 3.74. The number of alkyl halides is 6. The number of benzene rings is 1. The Balaban J connectivity index is 3.82. The first-order chi connectivity index (χ1) is 8.84. The Morgan fingerprint density at radius 3 is 1.90 bits per heavy atom. The second kappa shape index (κ2) is 4.62. The summed E-state index contributed by atoms with van der Waals surface area (Å²) in [5, 5.41) is 19.8. The van der Waals surface area contributed by atoms with Crippen molar-refractivity contribution < 1.29 is 36.4 Å². The predicted molar refractivity (Wildman–Crippen MR) is 53.8 cm³/mol. The minimum absolute atomic E-state index is 0.463. The Morgan fingerprint density at radius 2 is 1.55 bits per heavy atom. The molecule has 1 N–H and O–H groups in total. The van der Waals surface area contributed by atoms with Crippen LogP contribution in [-0.2, 0) is 5.60 Å². The zero-order valence-corrected chi connectivity index (χ0v) is 9.71. The van der Waals surface area contributed by atoms with E-state index in [1.54, 1.807) is 0 Å². The lowest BCUT2D eigenvalue weighted by Crippen LogP contribution is -2.54. The van der Waals surface area contributed by atoms with Crippen molar-refractivity contribution in [1.29, 1.82) is 0 Å². The standard InChI is InChI=1S/C10H7F6NO3/c1-5-3-2-4-6(17(19)20)7(5)8(18,9(11,12)13)10(14,15)16/h2-4,18H,1H3. The molecule has 20 heavy (non-hydrogen) atoms. The van der Waals surface area contributed by atoms with Crippen LogP contribution in [-0.4, -0.2) is 22.4 Å². The zero-order valence-electron chi connectivity index (χ0n) is 9.71. The molecule has 0 bridgehead atoms. The summed E-state index contributed by atoms with van der Waals surface area (Å²) < 4.78 is 76.3. The highest BCUT2D eigenvalue weighted by molar-refractivity contribution is 5.50. The smallest absolute Gasteiger partial charge is 0.369 e. The van der Waals surface area contributed by atoms with Crippen LogP contribution < -0.4 is 0 Å². The minimum Gasteiger partial charge on any atom is -0.369 e. The van der Waals surface area contributed by atoms with Crippen LogP contribution in [0.4, 0.5) is 32.0 Å². The molecule has 0 radical (unpaired) electrons. The summed E-state index contributed by atoms with van der Waals surface area (Å²) in [6.45, 7) is 0.810. The summed E-state index contributed by atoms with van der Waals surface area (Å²) >= 11 is 0. The first-order valence-electron chi connectivity index (χ1n) is 4.94. The van der Waals surface area contributed by atoms with E-state index >= 15 is 0 Å². The van der Waals surface area contributed by atoms with Crippen LogP contribution in [0.1, 0.15) is 11.1 Å². The number of hydrogen-bond donors (Lipinski definition) is 1. The highest BCUT2D eigenvalue weighted by atomic mass is 19.4. The van der Waals surface area contributed by atoms with E-state index in [0.29, 0.717) is 6.07 Å². The largest absolute Gasteiger partial charge is 0.430 e. The number of nitro groups is 1. The van der Waals surface area contributed by atoms with Crippen molar-refractivity contribution in [1.82, 2.24) is 0 Å². The van der Waals surface area contributed by atoms with Crippen molar-refractivity contribution in [2.45, 2.75) is 24.9 Å². The van der Waals surface area contributed by atoms with Crippen molar-refractivity contribution in [3.63, 3.8) is 0 Å². The average molecular weight is 303 g/mol. The molecular formula is C10H7F6NO3. The van der Waals surface area contributed by atoms with E-state index in [2.05, 4.69) is 0 Å². The van der Waals surface area contributed by atoms with Gasteiger partial charge in [0.25, 0.3) is 11.3 Å². The van der Waals surface area contributed by atoms with Crippen LogP contribution in [0, 0.1) is 17.0 Å². The maximum atomic E-state index is 12.7. The molecule has 0 unspecified atom stereocenters. The molecule has 1 aromatic carbocycles. The number of halogens is 6. The Labute approximate surface area is 107 Å². The lowest BCUT2D eigenvalue weighted by molar-refractivity contribution is -0.402. The van der Waals surface area contributed by atoms with E-state index in [1.165, 1.54) is 0 Å². The number of aryl methyl sites for hydroxylation is 1. The normalized spacial score (nSPS) is 13.4. The molecule has 0 atom stereocenters. The molecule has 0 aliphatic carbocycles. The van der Waals surface area contributed by atoms with Gasteiger partial charge in [-0.2, -0.15) is 26.3 Å². The maximum absolute atomic E-state index is 12.7. The number of rotatable bonds is 2. The minimum atomic E-state index is -6.16.